The molecule has 0 radical (unpaired) electrons. The van der Waals surface area contributed by atoms with Crippen LogP contribution in [0.1, 0.15) is 18.4 Å². The molecule has 1 fully saturated rings. The van der Waals surface area contributed by atoms with Gasteiger partial charge in [-0.1, -0.05) is 28.1 Å². The van der Waals surface area contributed by atoms with Crippen LogP contribution < -0.4 is 5.32 Å². The highest BCUT2D eigenvalue weighted by Crippen LogP contribution is 2.48. The van der Waals surface area contributed by atoms with E-state index in [2.05, 4.69) is 21.2 Å². The highest BCUT2D eigenvalue weighted by Gasteiger charge is 2.51. The second-order valence-corrected chi connectivity index (χ2v) is 5.78. The molecule has 1 atom stereocenters. The monoisotopic (exact) mass is 341 g/mol. The van der Waals surface area contributed by atoms with Gasteiger partial charge >= 0.3 is 5.97 Å². The van der Waals surface area contributed by atoms with Crippen molar-refractivity contribution in [1.29, 1.82) is 0 Å². The van der Waals surface area contributed by atoms with Gasteiger partial charge in [-0.3, -0.25) is 4.79 Å². The van der Waals surface area contributed by atoms with Crippen molar-refractivity contribution in [3.05, 3.63) is 34.3 Å². The van der Waals surface area contributed by atoms with Crippen molar-refractivity contribution in [3.8, 4) is 0 Å². The van der Waals surface area contributed by atoms with E-state index in [9.17, 15) is 9.59 Å². The molecule has 1 saturated carbocycles. The third-order valence-electron chi connectivity index (χ3n) is 3.57. The minimum atomic E-state index is -1.08. The number of carboxylic acid groups (broad SMARTS) is 1. The van der Waals surface area contributed by atoms with E-state index >= 15 is 0 Å². The molecule has 0 bridgehead atoms. The zero-order valence-electron chi connectivity index (χ0n) is 11.1. The minimum absolute atomic E-state index is 0.0274. The molecule has 0 heterocycles. The SMILES string of the molecule is COC(CNC(=O)C1(c2cccc(Br)c2)CC1)C(=O)O. The van der Waals surface area contributed by atoms with Crippen LogP contribution in [0.25, 0.3) is 0 Å². The third-order valence-corrected chi connectivity index (χ3v) is 4.06. The summed E-state index contributed by atoms with van der Waals surface area (Å²) in [4.78, 5) is 23.1. The molecule has 1 amide bonds. The smallest absolute Gasteiger partial charge is 0.334 e. The maximum Gasteiger partial charge on any atom is 0.334 e. The Morgan fingerprint density at radius 3 is 2.70 bits per heavy atom. The van der Waals surface area contributed by atoms with E-state index in [-0.39, 0.29) is 12.5 Å². The molecule has 1 aliphatic carbocycles. The van der Waals surface area contributed by atoms with Crippen LogP contribution in [0, 0.1) is 0 Å². The maximum absolute atomic E-state index is 12.3. The topological polar surface area (TPSA) is 75.6 Å². The zero-order chi connectivity index (χ0) is 14.8. The van der Waals surface area contributed by atoms with E-state index in [1.807, 2.05) is 24.3 Å². The van der Waals surface area contributed by atoms with E-state index in [0.29, 0.717) is 0 Å². The number of nitrogens with one attached hydrogen (secondary N) is 1. The summed E-state index contributed by atoms with van der Waals surface area (Å²) in [5.41, 5.74) is 0.439. The largest absolute Gasteiger partial charge is 0.479 e. The van der Waals surface area contributed by atoms with Gasteiger partial charge in [-0.25, -0.2) is 4.79 Å². The van der Waals surface area contributed by atoms with Gasteiger partial charge in [0.15, 0.2) is 6.10 Å². The minimum Gasteiger partial charge on any atom is -0.479 e. The lowest BCUT2D eigenvalue weighted by atomic mass is 9.95. The molecule has 5 nitrogen and oxygen atoms in total. The van der Waals surface area contributed by atoms with Gasteiger partial charge in [-0.2, -0.15) is 0 Å². The Morgan fingerprint density at radius 1 is 1.50 bits per heavy atom. The standard InChI is InChI=1S/C14H16BrNO4/c1-20-11(12(17)18)8-16-13(19)14(5-6-14)9-3-2-4-10(15)7-9/h2-4,7,11H,5-6,8H2,1H3,(H,16,19)(H,17,18). The fraction of sp³-hybridized carbons (Fsp3) is 0.429. The number of rotatable bonds is 6. The van der Waals surface area contributed by atoms with E-state index in [0.717, 1.165) is 22.9 Å². The van der Waals surface area contributed by atoms with Gasteiger partial charge in [0.05, 0.1) is 12.0 Å². The summed E-state index contributed by atoms with van der Waals surface area (Å²) in [6, 6.07) is 7.64. The quantitative estimate of drug-likeness (QED) is 0.825. The van der Waals surface area contributed by atoms with Gasteiger partial charge in [0.2, 0.25) is 5.91 Å². The number of carbonyl (C=O) groups excluding carboxylic acids is 1. The summed E-state index contributed by atoms with van der Waals surface area (Å²) in [5.74, 6) is -1.22. The van der Waals surface area contributed by atoms with Crippen LogP contribution in [-0.4, -0.2) is 36.7 Å². The Balaban J connectivity index is 2.04. The lowest BCUT2D eigenvalue weighted by Crippen LogP contribution is -2.42. The van der Waals surface area contributed by atoms with E-state index in [4.69, 9.17) is 9.84 Å². The predicted octanol–water partition coefficient (Wildman–Crippen LogP) is 1.70. The number of amides is 1. The van der Waals surface area contributed by atoms with Crippen molar-refractivity contribution in [2.24, 2.45) is 0 Å². The van der Waals surface area contributed by atoms with Gasteiger partial charge in [-0.05, 0) is 30.5 Å². The molecule has 0 saturated heterocycles. The Hall–Kier alpha value is -1.40. The number of hydrogen-bond donors (Lipinski definition) is 2. The molecule has 6 heteroatoms. The summed E-state index contributed by atoms with van der Waals surface area (Å²) in [5, 5.41) is 11.6. The Kier molecular flexibility index (Phi) is 4.45. The highest BCUT2D eigenvalue weighted by atomic mass is 79.9. The average Bonchev–Trinajstić information content (AvgIpc) is 3.20. The number of ether oxygens (including phenoxy) is 1. The molecule has 108 valence electrons. The van der Waals surface area contributed by atoms with Crippen LogP contribution >= 0.6 is 15.9 Å². The summed E-state index contributed by atoms with van der Waals surface area (Å²) in [7, 11) is 1.31. The van der Waals surface area contributed by atoms with Gasteiger partial charge in [0, 0.05) is 11.6 Å². The number of methoxy groups -OCH3 is 1. The van der Waals surface area contributed by atoms with E-state index in [1.165, 1.54) is 7.11 Å². The predicted molar refractivity (Wildman–Crippen MR) is 76.5 cm³/mol. The molecule has 1 aromatic carbocycles. The van der Waals surface area contributed by atoms with Crippen LogP contribution in [0.4, 0.5) is 0 Å². The summed E-state index contributed by atoms with van der Waals surface area (Å²) < 4.78 is 5.72. The molecule has 2 N–H and O–H groups in total. The molecule has 2 rings (SSSR count). The number of carboxylic acids is 1. The molecular formula is C14H16BrNO4. The first-order chi connectivity index (χ1) is 9.49. The highest BCUT2D eigenvalue weighted by molar-refractivity contribution is 9.10. The van der Waals surface area contributed by atoms with Crippen LogP contribution in [-0.2, 0) is 19.7 Å². The lowest BCUT2D eigenvalue weighted by Gasteiger charge is -2.18. The maximum atomic E-state index is 12.3. The van der Waals surface area contributed by atoms with Crippen molar-refractivity contribution < 1.29 is 19.4 Å². The number of halogens is 1. The van der Waals surface area contributed by atoms with Crippen molar-refractivity contribution in [1.82, 2.24) is 5.32 Å². The molecule has 0 aromatic heterocycles. The first kappa shape index (κ1) is 15.0. The van der Waals surface area contributed by atoms with Gasteiger partial charge in [0.25, 0.3) is 0 Å². The average molecular weight is 342 g/mol. The molecule has 1 unspecified atom stereocenters. The van der Waals surface area contributed by atoms with Crippen LogP contribution in [0.3, 0.4) is 0 Å². The lowest BCUT2D eigenvalue weighted by molar-refractivity contribution is -0.148. The number of aliphatic carboxylic acids is 1. The summed E-state index contributed by atoms with van der Waals surface area (Å²) in [6.45, 7) is -0.0274. The van der Waals surface area contributed by atoms with Crippen LogP contribution in [0.2, 0.25) is 0 Å². The fourth-order valence-electron chi connectivity index (χ4n) is 2.18. The van der Waals surface area contributed by atoms with Crippen LogP contribution in [0.15, 0.2) is 28.7 Å². The summed E-state index contributed by atoms with van der Waals surface area (Å²) >= 11 is 3.39. The zero-order valence-corrected chi connectivity index (χ0v) is 12.6. The van der Waals surface area contributed by atoms with E-state index in [1.54, 1.807) is 0 Å². The van der Waals surface area contributed by atoms with E-state index < -0.39 is 17.5 Å². The summed E-state index contributed by atoms with van der Waals surface area (Å²) in [6.07, 6.45) is 0.539. The molecule has 20 heavy (non-hydrogen) atoms. The van der Waals surface area contributed by atoms with Crippen LogP contribution in [0.5, 0.6) is 0 Å². The first-order valence-electron chi connectivity index (χ1n) is 6.29. The number of benzene rings is 1. The Labute approximate surface area is 125 Å². The van der Waals surface area contributed by atoms with Crippen molar-refractivity contribution >= 4 is 27.8 Å². The second-order valence-electron chi connectivity index (χ2n) is 4.87. The normalized spacial score (nSPS) is 17.3. The Bertz CT molecular complexity index is 528. The van der Waals surface area contributed by atoms with Crippen molar-refractivity contribution in [2.75, 3.05) is 13.7 Å². The number of carbonyl (C=O) groups is 2. The van der Waals surface area contributed by atoms with Gasteiger partial charge < -0.3 is 15.2 Å². The van der Waals surface area contributed by atoms with Gasteiger partial charge in [-0.15, -0.1) is 0 Å². The molecule has 0 spiro atoms. The van der Waals surface area contributed by atoms with Crippen molar-refractivity contribution in [2.45, 2.75) is 24.4 Å². The molecule has 0 aliphatic heterocycles. The molecular weight excluding hydrogens is 326 g/mol. The number of hydrogen-bond acceptors (Lipinski definition) is 3. The Morgan fingerprint density at radius 2 is 2.20 bits per heavy atom. The first-order valence-corrected chi connectivity index (χ1v) is 7.09. The molecule has 1 aliphatic rings. The molecule has 1 aromatic rings. The van der Waals surface area contributed by atoms with Crippen molar-refractivity contribution in [3.63, 3.8) is 0 Å². The van der Waals surface area contributed by atoms with Gasteiger partial charge in [0.1, 0.15) is 0 Å². The second kappa shape index (κ2) is 5.93. The third kappa shape index (κ3) is 3.02. The fourth-order valence-corrected chi connectivity index (χ4v) is 2.58.